The molecule has 1 aliphatic carbocycles. The minimum Gasteiger partial charge on any atom is -0.448 e. The van der Waals surface area contributed by atoms with Gasteiger partial charge in [-0.1, -0.05) is 18.2 Å². The Balaban J connectivity index is 1.39. The molecule has 1 fully saturated rings. The number of hydrogen-bond donors (Lipinski definition) is 1. The van der Waals surface area contributed by atoms with Gasteiger partial charge in [-0.2, -0.15) is 0 Å². The van der Waals surface area contributed by atoms with Crippen LogP contribution in [-0.2, 0) is 0 Å². The number of benzene rings is 1. The fraction of sp³-hybridized carbons (Fsp3) is 0.227. The normalized spacial score (nSPS) is 15.8. The van der Waals surface area contributed by atoms with Gasteiger partial charge < -0.3 is 9.73 Å². The van der Waals surface area contributed by atoms with Crippen LogP contribution < -0.4 is 5.32 Å². The van der Waals surface area contributed by atoms with E-state index < -0.39 is 5.92 Å². The molecule has 0 bridgehead atoms. The zero-order valence-corrected chi connectivity index (χ0v) is 16.1. The predicted octanol–water partition coefficient (Wildman–Crippen LogP) is 5.06. The van der Waals surface area contributed by atoms with E-state index in [2.05, 4.69) is 15.3 Å². The van der Waals surface area contributed by atoms with Gasteiger partial charge in [0.15, 0.2) is 5.89 Å². The van der Waals surface area contributed by atoms with E-state index in [1.807, 2.05) is 37.3 Å². The van der Waals surface area contributed by atoms with Gasteiger partial charge in [-0.05, 0) is 30.7 Å². The third-order valence-electron chi connectivity index (χ3n) is 5.39. The molecule has 1 N–H and O–H groups in total. The van der Waals surface area contributed by atoms with Crippen molar-refractivity contribution in [3.63, 3.8) is 0 Å². The number of alkyl halides is 2. The number of hydrogen-bond acceptors (Lipinski definition) is 4. The number of aryl methyl sites for hydroxylation is 1. The van der Waals surface area contributed by atoms with Crippen LogP contribution in [0.5, 0.6) is 0 Å². The monoisotopic (exact) mass is 408 g/mol. The van der Waals surface area contributed by atoms with E-state index in [1.165, 1.54) is 12.5 Å². The van der Waals surface area contributed by atoms with Crippen LogP contribution in [0.1, 0.15) is 40.7 Å². The fourth-order valence-corrected chi connectivity index (χ4v) is 3.65. The zero-order valence-electron chi connectivity index (χ0n) is 16.1. The molecule has 1 amide bonds. The average molecular weight is 408 g/mol. The number of anilines is 1. The van der Waals surface area contributed by atoms with Crippen molar-refractivity contribution >= 4 is 17.2 Å². The predicted molar refractivity (Wildman–Crippen MR) is 107 cm³/mol. The number of halogens is 2. The number of nitrogens with zero attached hydrogens (tertiary/aromatic N) is 3. The molecular weight excluding hydrogens is 390 g/mol. The Kier molecular flexibility index (Phi) is 4.16. The smallest absolute Gasteiger partial charge is 0.274 e. The average Bonchev–Trinajstić information content (AvgIpc) is 3.35. The Morgan fingerprint density at radius 1 is 1.27 bits per heavy atom. The maximum Gasteiger partial charge on any atom is 0.274 e. The number of nitrogens with one attached hydrogen (secondary N) is 1. The molecule has 6 nitrogen and oxygen atoms in total. The third kappa shape index (κ3) is 3.24. The Morgan fingerprint density at radius 3 is 2.90 bits per heavy atom. The molecule has 0 radical (unpaired) electrons. The van der Waals surface area contributed by atoms with E-state index in [0.29, 0.717) is 28.6 Å². The van der Waals surface area contributed by atoms with Crippen molar-refractivity contribution in [3.8, 4) is 11.3 Å². The molecule has 0 saturated heterocycles. The highest BCUT2D eigenvalue weighted by molar-refractivity contribution is 6.04. The van der Waals surface area contributed by atoms with Gasteiger partial charge >= 0.3 is 0 Å². The molecular formula is C22H18F2N4O2. The molecule has 0 aliphatic heterocycles. The molecule has 8 heteroatoms. The lowest BCUT2D eigenvalue weighted by Crippen LogP contribution is -2.33. The summed E-state index contributed by atoms with van der Waals surface area (Å²) in [7, 11) is 0. The first-order valence-corrected chi connectivity index (χ1v) is 9.57. The topological polar surface area (TPSA) is 72.4 Å². The zero-order chi connectivity index (χ0) is 20.9. The molecule has 30 heavy (non-hydrogen) atoms. The summed E-state index contributed by atoms with van der Waals surface area (Å²) in [6.07, 6.45) is 4.30. The largest absolute Gasteiger partial charge is 0.448 e. The second-order valence-electron chi connectivity index (χ2n) is 7.59. The number of oxazole rings is 1. The van der Waals surface area contributed by atoms with Gasteiger partial charge in [-0.25, -0.2) is 18.7 Å². The highest BCUT2D eigenvalue weighted by Crippen LogP contribution is 2.48. The minimum absolute atomic E-state index is 0.235. The lowest BCUT2D eigenvalue weighted by molar-refractivity contribution is -0.0917. The standard InChI is InChI=1S/C22H18F2N4O2/c1-13-5-6-14(17-12-30-21(27-17)15-9-22(23,24)10-15)8-16(13)26-20(29)18-11-25-19-4-2-3-7-28(18)19/h2-8,11-12,15H,9-10H2,1H3,(H,26,29). The highest BCUT2D eigenvalue weighted by Gasteiger charge is 2.48. The van der Waals surface area contributed by atoms with Gasteiger partial charge in [0.1, 0.15) is 23.3 Å². The lowest BCUT2D eigenvalue weighted by Gasteiger charge is -2.32. The minimum atomic E-state index is -2.63. The van der Waals surface area contributed by atoms with Crippen molar-refractivity contribution < 1.29 is 18.0 Å². The van der Waals surface area contributed by atoms with Crippen LogP contribution in [-0.4, -0.2) is 26.2 Å². The van der Waals surface area contributed by atoms with Crippen molar-refractivity contribution in [2.45, 2.75) is 31.6 Å². The first-order valence-electron chi connectivity index (χ1n) is 9.57. The Labute approximate surface area is 170 Å². The summed E-state index contributed by atoms with van der Waals surface area (Å²) in [5.74, 6) is -2.94. The van der Waals surface area contributed by atoms with Gasteiger partial charge in [0, 0.05) is 36.2 Å². The number of carbonyl (C=O) groups is 1. The molecule has 1 saturated carbocycles. The van der Waals surface area contributed by atoms with Gasteiger partial charge in [0.05, 0.1) is 6.20 Å². The van der Waals surface area contributed by atoms with Crippen LogP contribution in [0.25, 0.3) is 16.9 Å². The number of pyridine rings is 1. The molecule has 152 valence electrons. The van der Waals surface area contributed by atoms with Crippen LogP contribution in [0.15, 0.2) is 59.5 Å². The van der Waals surface area contributed by atoms with Gasteiger partial charge in [0.25, 0.3) is 5.91 Å². The van der Waals surface area contributed by atoms with Crippen molar-refractivity contribution in [2.24, 2.45) is 0 Å². The lowest BCUT2D eigenvalue weighted by atomic mass is 9.81. The summed E-state index contributed by atoms with van der Waals surface area (Å²) in [5.41, 5.74) is 3.89. The SMILES string of the molecule is Cc1ccc(-c2coc(C3CC(F)(F)C3)n2)cc1NC(=O)c1cnc2ccccn12. The maximum atomic E-state index is 13.1. The molecule has 3 heterocycles. The maximum absolute atomic E-state index is 13.1. The molecule has 0 atom stereocenters. The molecule has 0 spiro atoms. The molecule has 1 aliphatic rings. The number of fused-ring (bicyclic) bond motifs is 1. The van der Waals surface area contributed by atoms with Gasteiger partial charge in [-0.15, -0.1) is 0 Å². The highest BCUT2D eigenvalue weighted by atomic mass is 19.3. The third-order valence-corrected chi connectivity index (χ3v) is 5.39. The number of carbonyl (C=O) groups excluding carboxylic acids is 1. The second kappa shape index (κ2) is 6.76. The summed E-state index contributed by atoms with van der Waals surface area (Å²) in [4.78, 5) is 21.4. The van der Waals surface area contributed by atoms with E-state index in [9.17, 15) is 13.6 Å². The summed E-state index contributed by atoms with van der Waals surface area (Å²) >= 11 is 0. The van der Waals surface area contributed by atoms with Crippen molar-refractivity contribution in [1.29, 1.82) is 0 Å². The first-order chi connectivity index (χ1) is 14.4. The van der Waals surface area contributed by atoms with E-state index >= 15 is 0 Å². The van der Waals surface area contributed by atoms with Crippen molar-refractivity contribution in [2.75, 3.05) is 5.32 Å². The number of aromatic nitrogens is 3. The number of amides is 1. The van der Waals surface area contributed by atoms with Crippen LogP contribution >= 0.6 is 0 Å². The molecule has 0 unspecified atom stereocenters. The Bertz CT molecular complexity index is 1250. The fourth-order valence-electron chi connectivity index (χ4n) is 3.65. The van der Waals surface area contributed by atoms with Crippen LogP contribution in [0.4, 0.5) is 14.5 Å². The molecule has 4 aromatic rings. The van der Waals surface area contributed by atoms with Crippen LogP contribution in [0.2, 0.25) is 0 Å². The van der Waals surface area contributed by atoms with Gasteiger partial charge in [0.2, 0.25) is 5.92 Å². The Hall–Kier alpha value is -3.55. The Morgan fingerprint density at radius 2 is 2.10 bits per heavy atom. The van der Waals surface area contributed by atoms with E-state index in [1.54, 1.807) is 16.7 Å². The molecule has 5 rings (SSSR count). The summed E-state index contributed by atoms with van der Waals surface area (Å²) in [5, 5.41) is 2.92. The van der Waals surface area contributed by atoms with Crippen molar-refractivity contribution in [1.82, 2.24) is 14.4 Å². The summed E-state index contributed by atoms with van der Waals surface area (Å²) in [6.45, 7) is 1.89. The number of imidazole rings is 1. The van der Waals surface area contributed by atoms with Crippen LogP contribution in [0, 0.1) is 6.92 Å². The molecule has 1 aromatic carbocycles. The van der Waals surface area contributed by atoms with Crippen LogP contribution in [0.3, 0.4) is 0 Å². The molecule has 3 aromatic heterocycles. The van der Waals surface area contributed by atoms with E-state index in [4.69, 9.17) is 4.42 Å². The van der Waals surface area contributed by atoms with Gasteiger partial charge in [-0.3, -0.25) is 9.20 Å². The second-order valence-corrected chi connectivity index (χ2v) is 7.59. The number of rotatable bonds is 4. The summed E-state index contributed by atoms with van der Waals surface area (Å²) in [6, 6.07) is 11.0. The van der Waals surface area contributed by atoms with Crippen molar-refractivity contribution in [3.05, 3.63) is 72.2 Å². The quantitative estimate of drug-likeness (QED) is 0.512. The van der Waals surface area contributed by atoms with E-state index in [0.717, 1.165) is 11.1 Å². The summed E-state index contributed by atoms with van der Waals surface area (Å²) < 4.78 is 33.4. The first kappa shape index (κ1) is 18.5. The van der Waals surface area contributed by atoms with E-state index in [-0.39, 0.29) is 24.7 Å².